The van der Waals surface area contributed by atoms with Crippen molar-refractivity contribution in [1.29, 1.82) is 0 Å². The Kier molecular flexibility index (Phi) is 7.65. The molecule has 1 aliphatic heterocycles. The van der Waals surface area contributed by atoms with Gasteiger partial charge in [0.15, 0.2) is 0 Å². The number of nitro groups is 3. The molecule has 1 aromatic rings. The maximum atomic E-state index is 10.4. The van der Waals surface area contributed by atoms with Crippen molar-refractivity contribution in [3.63, 3.8) is 0 Å². The zero-order valence-corrected chi connectivity index (χ0v) is 17.4. The molecule has 166 valence electrons. The highest BCUT2D eigenvalue weighted by molar-refractivity contribution is 5.64. The first-order valence-electron chi connectivity index (χ1n) is 10.1. The number of phenols is 1. The first-order valence-corrected chi connectivity index (χ1v) is 10.1. The number of fused-ring (bicyclic) bond motifs is 1. The fraction of sp³-hybridized carbons (Fsp3) is 0.684. The van der Waals surface area contributed by atoms with Crippen molar-refractivity contribution in [2.24, 2.45) is 11.8 Å². The molecule has 1 aromatic carbocycles. The lowest BCUT2D eigenvalue weighted by molar-refractivity contribution is -0.404. The molecule has 3 atom stereocenters. The lowest BCUT2D eigenvalue weighted by atomic mass is 9.75. The van der Waals surface area contributed by atoms with E-state index in [9.17, 15) is 30.3 Å². The Hall–Kier alpha value is -2.82. The molecule has 11 nitrogen and oxygen atoms in total. The molecule has 11 heteroatoms. The molecule has 0 spiro atoms. The molecular formula is C19H28N4O7. The number of non-ortho nitro benzene ring substituents is 1. The van der Waals surface area contributed by atoms with E-state index >= 15 is 0 Å². The summed E-state index contributed by atoms with van der Waals surface area (Å²) in [6, 6.07) is 2.58. The number of rotatable bonds is 4. The van der Waals surface area contributed by atoms with E-state index in [4.69, 9.17) is 5.11 Å². The van der Waals surface area contributed by atoms with Gasteiger partial charge in [0.05, 0.1) is 26.9 Å². The number of nitro benzene ring substituents is 3. The van der Waals surface area contributed by atoms with E-state index in [1.807, 2.05) is 0 Å². The summed E-state index contributed by atoms with van der Waals surface area (Å²) in [6.45, 7) is 8.51. The summed E-state index contributed by atoms with van der Waals surface area (Å²) in [5.41, 5.74) is -3.00. The quantitative estimate of drug-likeness (QED) is 0.551. The zero-order valence-electron chi connectivity index (χ0n) is 17.4. The Balaban J connectivity index is 0.000000215. The summed E-state index contributed by atoms with van der Waals surface area (Å²) >= 11 is 0. The van der Waals surface area contributed by atoms with Gasteiger partial charge in [0.1, 0.15) is 0 Å². The van der Waals surface area contributed by atoms with Crippen LogP contribution in [0.5, 0.6) is 5.75 Å². The van der Waals surface area contributed by atoms with E-state index in [1.165, 1.54) is 38.6 Å². The maximum Gasteiger partial charge on any atom is 0.324 e. The topological polar surface area (TPSA) is 153 Å². The van der Waals surface area contributed by atoms with E-state index in [1.54, 1.807) is 0 Å². The first-order chi connectivity index (χ1) is 14.0. The monoisotopic (exact) mass is 424 g/mol. The number of aromatic hydroxyl groups is 1. The summed E-state index contributed by atoms with van der Waals surface area (Å²) in [5, 5.41) is 40.2. The van der Waals surface area contributed by atoms with Gasteiger partial charge in [-0.3, -0.25) is 35.2 Å². The number of hydrogen-bond donors (Lipinski definition) is 1. The van der Waals surface area contributed by atoms with Crippen LogP contribution in [-0.2, 0) is 0 Å². The fourth-order valence-electron chi connectivity index (χ4n) is 4.55. The molecule has 2 fully saturated rings. The molecule has 0 bridgehead atoms. The summed E-state index contributed by atoms with van der Waals surface area (Å²) in [6.07, 6.45) is 7.42. The number of nitrogens with zero attached hydrogens (tertiary/aromatic N) is 4. The molecule has 3 rings (SSSR count). The van der Waals surface area contributed by atoms with Crippen molar-refractivity contribution >= 4 is 17.1 Å². The van der Waals surface area contributed by atoms with Crippen molar-refractivity contribution in [1.82, 2.24) is 4.90 Å². The molecule has 1 heterocycles. The predicted molar refractivity (Wildman–Crippen MR) is 109 cm³/mol. The average Bonchev–Trinajstić information content (AvgIpc) is 2.67. The van der Waals surface area contributed by atoms with Gasteiger partial charge in [-0.2, -0.15) is 0 Å². The van der Waals surface area contributed by atoms with E-state index in [2.05, 4.69) is 25.7 Å². The highest BCUT2D eigenvalue weighted by Crippen LogP contribution is 2.39. The zero-order chi connectivity index (χ0) is 22.6. The summed E-state index contributed by atoms with van der Waals surface area (Å²) in [4.78, 5) is 30.5. The van der Waals surface area contributed by atoms with Gasteiger partial charge in [-0.1, -0.05) is 19.8 Å². The van der Waals surface area contributed by atoms with E-state index < -0.39 is 37.6 Å². The SMILES string of the molecule is CC(C)N1C[C@@H](C)C[C@H]2CCCC[C@@H]21.O=[N+]([O-])c1cc([N+](=O)[O-])c(O)c([N+](=O)[O-])c1. The summed E-state index contributed by atoms with van der Waals surface area (Å²) < 4.78 is 0. The van der Waals surface area contributed by atoms with Crippen LogP contribution in [-0.4, -0.2) is 43.4 Å². The molecule has 0 radical (unpaired) electrons. The highest BCUT2D eigenvalue weighted by Gasteiger charge is 2.36. The second-order valence-electron chi connectivity index (χ2n) is 8.35. The number of benzene rings is 1. The van der Waals surface area contributed by atoms with Crippen LogP contribution in [0.2, 0.25) is 0 Å². The van der Waals surface area contributed by atoms with Crippen molar-refractivity contribution in [2.45, 2.75) is 65.0 Å². The normalized spacial score (nSPS) is 23.8. The molecule has 0 amide bonds. The van der Waals surface area contributed by atoms with E-state index in [0.29, 0.717) is 12.1 Å². The van der Waals surface area contributed by atoms with Gasteiger partial charge in [0.25, 0.3) is 11.4 Å². The largest absolute Gasteiger partial charge is 0.497 e. The van der Waals surface area contributed by atoms with Crippen molar-refractivity contribution in [3.05, 3.63) is 42.5 Å². The van der Waals surface area contributed by atoms with Crippen LogP contribution in [0, 0.1) is 42.2 Å². The Bertz CT molecular complexity index is 779. The molecule has 1 aliphatic carbocycles. The molecule has 0 aromatic heterocycles. The van der Waals surface area contributed by atoms with Crippen LogP contribution >= 0.6 is 0 Å². The molecule has 30 heavy (non-hydrogen) atoms. The Morgan fingerprint density at radius 2 is 1.53 bits per heavy atom. The number of piperidine rings is 1. The minimum Gasteiger partial charge on any atom is -0.497 e. The second-order valence-corrected chi connectivity index (χ2v) is 8.35. The van der Waals surface area contributed by atoms with Gasteiger partial charge < -0.3 is 5.11 Å². The van der Waals surface area contributed by atoms with Gasteiger partial charge in [0.2, 0.25) is 0 Å². The molecular weight excluding hydrogens is 396 g/mol. The van der Waals surface area contributed by atoms with Crippen LogP contribution in [0.15, 0.2) is 12.1 Å². The van der Waals surface area contributed by atoms with Crippen molar-refractivity contribution < 1.29 is 19.9 Å². The predicted octanol–water partition coefficient (Wildman–Crippen LogP) is 4.41. The number of hydrogen-bond acceptors (Lipinski definition) is 8. The van der Waals surface area contributed by atoms with Crippen LogP contribution in [0.4, 0.5) is 17.1 Å². The van der Waals surface area contributed by atoms with E-state index in [-0.39, 0.29) is 0 Å². The third-order valence-electron chi connectivity index (χ3n) is 5.84. The smallest absolute Gasteiger partial charge is 0.324 e. The Morgan fingerprint density at radius 1 is 1.00 bits per heavy atom. The second kappa shape index (κ2) is 9.79. The van der Waals surface area contributed by atoms with Crippen LogP contribution in [0.25, 0.3) is 0 Å². The summed E-state index contributed by atoms with van der Waals surface area (Å²) in [5.74, 6) is 0.743. The minimum absolute atomic E-state index is 0.447. The minimum atomic E-state index is -1.21. The molecule has 2 aliphatic rings. The van der Waals surface area contributed by atoms with Gasteiger partial charge >= 0.3 is 11.4 Å². The molecule has 1 saturated carbocycles. The summed E-state index contributed by atoms with van der Waals surface area (Å²) in [7, 11) is 0. The van der Waals surface area contributed by atoms with Gasteiger partial charge in [0, 0.05) is 18.6 Å². The molecule has 1 saturated heterocycles. The standard InChI is InChI=1S/C13H25N.C6H3N3O7/c1-10(2)14-9-11(3)8-12-6-4-5-7-13(12)14;10-6-4(8(13)14)1-3(7(11)12)2-5(6)9(15)16/h10-13H,4-9H2,1-3H3;1-2,10H/t11-,12+,13-;/m0./s1. The lowest BCUT2D eigenvalue weighted by Gasteiger charge is -2.48. The van der Waals surface area contributed by atoms with Gasteiger partial charge in [-0.15, -0.1) is 0 Å². The van der Waals surface area contributed by atoms with Crippen molar-refractivity contribution in [3.8, 4) is 5.75 Å². The highest BCUT2D eigenvalue weighted by atomic mass is 16.6. The third kappa shape index (κ3) is 5.41. The average molecular weight is 424 g/mol. The van der Waals surface area contributed by atoms with Gasteiger partial charge in [-0.05, 0) is 44.9 Å². The number of likely N-dealkylation sites (tertiary alicyclic amines) is 1. The third-order valence-corrected chi connectivity index (χ3v) is 5.84. The van der Waals surface area contributed by atoms with Gasteiger partial charge in [-0.25, -0.2) is 0 Å². The van der Waals surface area contributed by atoms with E-state index in [0.717, 1.165) is 23.9 Å². The van der Waals surface area contributed by atoms with Crippen LogP contribution < -0.4 is 0 Å². The fourth-order valence-corrected chi connectivity index (χ4v) is 4.55. The number of phenolic OH excluding ortho intramolecular Hbond substituents is 1. The van der Waals surface area contributed by atoms with Crippen molar-refractivity contribution in [2.75, 3.05) is 6.54 Å². The van der Waals surface area contributed by atoms with Crippen LogP contribution in [0.1, 0.15) is 52.9 Å². The molecule has 0 unspecified atom stereocenters. The first kappa shape index (κ1) is 23.5. The lowest BCUT2D eigenvalue weighted by Crippen LogP contribution is -2.52. The molecule has 1 N–H and O–H groups in total. The van der Waals surface area contributed by atoms with Crippen LogP contribution in [0.3, 0.4) is 0 Å². The maximum absolute atomic E-state index is 10.4. The Morgan fingerprint density at radius 3 is 2.00 bits per heavy atom. The Labute approximate surface area is 174 Å².